The third-order valence-electron chi connectivity index (χ3n) is 3.24. The molecule has 2 aromatic carbocycles. The molecule has 0 aliphatic carbocycles. The molecule has 0 aliphatic rings. The fraction of sp³-hybridized carbons (Fsp3) is 0.176. The van der Waals surface area contributed by atoms with Gasteiger partial charge in [-0.25, -0.2) is 13.6 Å². The summed E-state index contributed by atoms with van der Waals surface area (Å²) in [4.78, 5) is 23.6. The largest absolute Gasteiger partial charge is 0.346 e. The number of urea groups is 1. The van der Waals surface area contributed by atoms with Crippen LogP contribution in [0.1, 0.15) is 10.4 Å². The first kappa shape index (κ1) is 18.3. The highest BCUT2D eigenvalue weighted by atomic mass is 19.3. The van der Waals surface area contributed by atoms with Crippen LogP contribution in [0.2, 0.25) is 0 Å². The van der Waals surface area contributed by atoms with Gasteiger partial charge in [0.1, 0.15) is 0 Å². The van der Waals surface area contributed by atoms with E-state index in [1.807, 2.05) is 6.07 Å². The second kappa shape index (κ2) is 8.20. The number of hydrogen-bond donors (Lipinski definition) is 4. The Morgan fingerprint density at radius 2 is 1.48 bits per heavy atom. The van der Waals surface area contributed by atoms with E-state index in [4.69, 9.17) is 5.73 Å². The third-order valence-corrected chi connectivity index (χ3v) is 3.24. The minimum absolute atomic E-state index is 0.196. The zero-order valence-electron chi connectivity index (χ0n) is 13.3. The number of anilines is 2. The normalized spacial score (nSPS) is 10.8. The van der Waals surface area contributed by atoms with Crippen molar-refractivity contribution in [2.75, 3.05) is 23.7 Å². The summed E-state index contributed by atoms with van der Waals surface area (Å²) in [6.45, 7) is -1.67. The molecule has 0 bridgehead atoms. The molecule has 2 aromatic rings. The molecule has 8 heteroatoms. The first-order valence-corrected chi connectivity index (χ1v) is 7.49. The van der Waals surface area contributed by atoms with Crippen molar-refractivity contribution in [3.8, 4) is 0 Å². The second-order valence-corrected chi connectivity index (χ2v) is 5.27. The Morgan fingerprint density at radius 3 is 2.04 bits per heavy atom. The van der Waals surface area contributed by atoms with Gasteiger partial charge in [-0.1, -0.05) is 18.2 Å². The molecule has 132 valence electrons. The Labute approximate surface area is 143 Å². The van der Waals surface area contributed by atoms with Crippen molar-refractivity contribution in [2.24, 2.45) is 5.73 Å². The van der Waals surface area contributed by atoms with Crippen LogP contribution in [0.3, 0.4) is 0 Å². The van der Waals surface area contributed by atoms with Crippen molar-refractivity contribution in [1.82, 2.24) is 5.32 Å². The van der Waals surface area contributed by atoms with Crippen LogP contribution in [-0.4, -0.2) is 31.0 Å². The summed E-state index contributed by atoms with van der Waals surface area (Å²) >= 11 is 0. The van der Waals surface area contributed by atoms with Gasteiger partial charge in [0.2, 0.25) is 0 Å². The molecule has 0 aromatic heterocycles. The predicted octanol–water partition coefficient (Wildman–Crippen LogP) is 2.65. The summed E-state index contributed by atoms with van der Waals surface area (Å²) in [5, 5.41) is 7.36. The van der Waals surface area contributed by atoms with Crippen molar-refractivity contribution in [1.29, 1.82) is 0 Å². The summed E-state index contributed by atoms with van der Waals surface area (Å²) in [6, 6.07) is 14.3. The highest BCUT2D eigenvalue weighted by Gasteiger charge is 2.27. The molecule has 0 unspecified atom stereocenters. The number of nitrogens with two attached hydrogens (primary N) is 1. The molecule has 2 rings (SSSR count). The molecule has 0 saturated heterocycles. The number of benzene rings is 2. The van der Waals surface area contributed by atoms with Crippen molar-refractivity contribution in [2.45, 2.75) is 5.92 Å². The van der Waals surface area contributed by atoms with Gasteiger partial charge in [0.25, 0.3) is 11.8 Å². The van der Waals surface area contributed by atoms with Gasteiger partial charge in [0.05, 0.1) is 13.1 Å². The number of carbonyl (C=O) groups excluding carboxylic acids is 2. The van der Waals surface area contributed by atoms with Crippen LogP contribution in [-0.2, 0) is 0 Å². The van der Waals surface area contributed by atoms with Gasteiger partial charge in [0.15, 0.2) is 0 Å². The summed E-state index contributed by atoms with van der Waals surface area (Å²) in [6.07, 6.45) is 0. The Hall–Kier alpha value is -3.00. The molecule has 0 saturated carbocycles. The van der Waals surface area contributed by atoms with Gasteiger partial charge in [0, 0.05) is 16.9 Å². The number of carbonyl (C=O) groups is 2. The maximum Gasteiger partial charge on any atom is 0.323 e. The van der Waals surface area contributed by atoms with E-state index in [-0.39, 0.29) is 5.56 Å². The maximum absolute atomic E-state index is 13.0. The lowest BCUT2D eigenvalue weighted by molar-refractivity contribution is 0.0118. The smallest absolute Gasteiger partial charge is 0.323 e. The van der Waals surface area contributed by atoms with Gasteiger partial charge >= 0.3 is 6.03 Å². The van der Waals surface area contributed by atoms with Crippen molar-refractivity contribution >= 4 is 23.3 Å². The Balaban J connectivity index is 1.89. The fourth-order valence-corrected chi connectivity index (χ4v) is 1.90. The van der Waals surface area contributed by atoms with Gasteiger partial charge in [-0.15, -0.1) is 0 Å². The Bertz CT molecular complexity index is 721. The van der Waals surface area contributed by atoms with E-state index < -0.39 is 31.0 Å². The minimum Gasteiger partial charge on any atom is -0.346 e. The van der Waals surface area contributed by atoms with Crippen LogP contribution in [0.5, 0.6) is 0 Å². The SMILES string of the molecule is NCC(F)(F)CNC(=O)c1ccc(NC(=O)Nc2ccccc2)cc1. The summed E-state index contributed by atoms with van der Waals surface area (Å²) in [5.74, 6) is -3.79. The van der Waals surface area contributed by atoms with Crippen LogP contribution < -0.4 is 21.7 Å². The number of rotatable bonds is 6. The van der Waals surface area contributed by atoms with E-state index in [9.17, 15) is 18.4 Å². The van der Waals surface area contributed by atoms with E-state index >= 15 is 0 Å². The van der Waals surface area contributed by atoms with Gasteiger partial charge in [-0.2, -0.15) is 0 Å². The average Bonchev–Trinajstić information content (AvgIpc) is 2.61. The summed E-state index contributed by atoms with van der Waals surface area (Å²) < 4.78 is 26.0. The quantitative estimate of drug-likeness (QED) is 0.646. The lowest BCUT2D eigenvalue weighted by atomic mass is 10.2. The summed E-state index contributed by atoms with van der Waals surface area (Å²) in [7, 11) is 0. The third kappa shape index (κ3) is 5.85. The molecule has 6 nitrogen and oxygen atoms in total. The maximum atomic E-state index is 13.0. The Morgan fingerprint density at radius 1 is 0.920 bits per heavy atom. The molecule has 5 N–H and O–H groups in total. The first-order valence-electron chi connectivity index (χ1n) is 7.49. The van der Waals surface area contributed by atoms with Crippen LogP contribution in [0.4, 0.5) is 25.0 Å². The molecular weight excluding hydrogens is 330 g/mol. The molecule has 3 amide bonds. The standard InChI is InChI=1S/C17H18F2N4O2/c18-17(19,10-20)11-21-15(24)12-6-8-14(9-7-12)23-16(25)22-13-4-2-1-3-5-13/h1-9H,10-11,20H2,(H,21,24)(H2,22,23,25). The highest BCUT2D eigenvalue weighted by Crippen LogP contribution is 2.13. The van der Waals surface area contributed by atoms with Crippen molar-refractivity contribution in [3.63, 3.8) is 0 Å². The Kier molecular flexibility index (Phi) is 6.02. The lowest BCUT2D eigenvalue weighted by Crippen LogP contribution is -2.41. The lowest BCUT2D eigenvalue weighted by Gasteiger charge is -2.14. The van der Waals surface area contributed by atoms with Gasteiger partial charge in [-0.05, 0) is 36.4 Å². The predicted molar refractivity (Wildman–Crippen MR) is 91.9 cm³/mol. The number of alkyl halides is 2. The molecule has 0 fully saturated rings. The van der Waals surface area contributed by atoms with Crippen molar-refractivity contribution in [3.05, 3.63) is 60.2 Å². The molecule has 0 atom stereocenters. The summed E-state index contributed by atoms with van der Waals surface area (Å²) in [5.41, 5.74) is 6.19. The number of halogens is 2. The molecule has 0 spiro atoms. The van der Waals surface area contributed by atoms with Crippen LogP contribution >= 0.6 is 0 Å². The van der Waals surface area contributed by atoms with E-state index in [0.717, 1.165) is 0 Å². The van der Waals surface area contributed by atoms with Gasteiger partial charge in [-0.3, -0.25) is 4.79 Å². The first-order chi connectivity index (χ1) is 11.9. The fourth-order valence-electron chi connectivity index (χ4n) is 1.90. The minimum atomic E-state index is -3.15. The van der Waals surface area contributed by atoms with E-state index in [1.165, 1.54) is 24.3 Å². The zero-order valence-corrected chi connectivity index (χ0v) is 13.3. The highest BCUT2D eigenvalue weighted by molar-refractivity contribution is 6.00. The number of amides is 3. The zero-order chi connectivity index (χ0) is 18.3. The molecule has 0 heterocycles. The van der Waals surface area contributed by atoms with Crippen LogP contribution in [0, 0.1) is 0 Å². The number of nitrogens with one attached hydrogen (secondary N) is 3. The average molecular weight is 348 g/mol. The van der Waals surface area contributed by atoms with E-state index in [2.05, 4.69) is 16.0 Å². The van der Waals surface area contributed by atoms with Crippen LogP contribution in [0.15, 0.2) is 54.6 Å². The molecule has 0 radical (unpaired) electrons. The number of hydrogen-bond acceptors (Lipinski definition) is 3. The molecular formula is C17H18F2N4O2. The topological polar surface area (TPSA) is 96.2 Å². The van der Waals surface area contributed by atoms with E-state index in [1.54, 1.807) is 24.3 Å². The molecule has 0 aliphatic heterocycles. The number of para-hydroxylation sites is 1. The van der Waals surface area contributed by atoms with E-state index in [0.29, 0.717) is 11.4 Å². The van der Waals surface area contributed by atoms with Crippen molar-refractivity contribution < 1.29 is 18.4 Å². The monoisotopic (exact) mass is 348 g/mol. The van der Waals surface area contributed by atoms with Gasteiger partial charge < -0.3 is 21.7 Å². The molecule has 25 heavy (non-hydrogen) atoms. The van der Waals surface area contributed by atoms with Crippen LogP contribution in [0.25, 0.3) is 0 Å². The second-order valence-electron chi connectivity index (χ2n) is 5.27.